The zero-order chi connectivity index (χ0) is 13.7. The summed E-state index contributed by atoms with van der Waals surface area (Å²) in [7, 11) is 0. The second-order valence-corrected chi connectivity index (χ2v) is 6.67. The van der Waals surface area contributed by atoms with E-state index in [0.717, 1.165) is 22.4 Å². The number of rotatable bonds is 5. The molecule has 6 nitrogen and oxygen atoms in total. The van der Waals surface area contributed by atoms with Gasteiger partial charge in [0, 0.05) is 11.7 Å². The highest BCUT2D eigenvalue weighted by atomic mass is 32.2. The number of nitrogens with zero attached hydrogens (tertiary/aromatic N) is 6. The molecule has 0 aromatic carbocycles. The van der Waals surface area contributed by atoms with Crippen LogP contribution in [0.2, 0.25) is 0 Å². The van der Waals surface area contributed by atoms with E-state index >= 15 is 0 Å². The standard InChI is InChI=1S/C13H18N6S/c1-8-9(2)18(10-3-4-10)13(14-8)20-7-12-15-16-17-19(12)11-5-6-11/h10-11H,3-7H2,1-2H3. The maximum absolute atomic E-state index is 4.71. The molecule has 2 fully saturated rings. The lowest BCUT2D eigenvalue weighted by Gasteiger charge is -2.08. The summed E-state index contributed by atoms with van der Waals surface area (Å²) in [5.74, 6) is 1.77. The molecule has 2 heterocycles. The van der Waals surface area contributed by atoms with Crippen molar-refractivity contribution in [2.75, 3.05) is 0 Å². The third-order valence-electron chi connectivity index (χ3n) is 4.05. The van der Waals surface area contributed by atoms with Crippen LogP contribution in [0.4, 0.5) is 0 Å². The highest BCUT2D eigenvalue weighted by Crippen LogP contribution is 2.41. The minimum Gasteiger partial charge on any atom is -0.320 e. The molecule has 20 heavy (non-hydrogen) atoms. The van der Waals surface area contributed by atoms with Gasteiger partial charge in [-0.15, -0.1) is 5.10 Å². The Balaban J connectivity index is 1.54. The molecule has 0 spiro atoms. The fourth-order valence-corrected chi connectivity index (χ4v) is 3.57. The van der Waals surface area contributed by atoms with Crippen molar-refractivity contribution >= 4 is 11.8 Å². The van der Waals surface area contributed by atoms with Gasteiger partial charge in [0.1, 0.15) is 0 Å². The molecule has 0 aliphatic heterocycles. The Hall–Kier alpha value is -1.37. The van der Waals surface area contributed by atoms with E-state index in [2.05, 4.69) is 33.9 Å². The Bertz CT molecular complexity index is 637. The summed E-state index contributed by atoms with van der Waals surface area (Å²) < 4.78 is 4.38. The second kappa shape index (κ2) is 4.58. The highest BCUT2D eigenvalue weighted by Gasteiger charge is 2.30. The fraction of sp³-hybridized carbons (Fsp3) is 0.692. The van der Waals surface area contributed by atoms with Gasteiger partial charge in [0.2, 0.25) is 0 Å². The average molecular weight is 290 g/mol. The predicted octanol–water partition coefficient (Wildman–Crippen LogP) is 2.45. The number of thioether (sulfide) groups is 1. The van der Waals surface area contributed by atoms with Crippen LogP contribution in [0.3, 0.4) is 0 Å². The summed E-state index contributed by atoms with van der Waals surface area (Å²) in [6.45, 7) is 4.26. The summed E-state index contributed by atoms with van der Waals surface area (Å²) in [6, 6.07) is 1.20. The molecule has 0 atom stereocenters. The van der Waals surface area contributed by atoms with Crippen LogP contribution in [-0.2, 0) is 5.75 Å². The molecule has 0 amide bonds. The SMILES string of the molecule is Cc1nc(SCc2nnnn2C2CC2)n(C2CC2)c1C. The largest absolute Gasteiger partial charge is 0.320 e. The van der Waals surface area contributed by atoms with Gasteiger partial charge < -0.3 is 4.57 Å². The van der Waals surface area contributed by atoms with Gasteiger partial charge in [-0.3, -0.25) is 0 Å². The molecule has 7 heteroatoms. The molecule has 2 aliphatic carbocycles. The third kappa shape index (κ3) is 2.13. The van der Waals surface area contributed by atoms with Gasteiger partial charge in [-0.1, -0.05) is 11.8 Å². The smallest absolute Gasteiger partial charge is 0.169 e. The van der Waals surface area contributed by atoms with E-state index < -0.39 is 0 Å². The Morgan fingerprint density at radius 1 is 1.15 bits per heavy atom. The van der Waals surface area contributed by atoms with Gasteiger partial charge in [-0.2, -0.15) is 0 Å². The average Bonchev–Trinajstić information content (AvgIpc) is 3.36. The number of aryl methyl sites for hydroxylation is 1. The normalized spacial score (nSPS) is 18.7. The van der Waals surface area contributed by atoms with E-state index in [4.69, 9.17) is 4.98 Å². The van der Waals surface area contributed by atoms with Crippen LogP contribution in [0.25, 0.3) is 0 Å². The van der Waals surface area contributed by atoms with Crippen LogP contribution in [0.15, 0.2) is 5.16 Å². The molecule has 2 aliphatic rings. The minimum atomic E-state index is 0.534. The number of hydrogen-bond acceptors (Lipinski definition) is 5. The molecule has 2 saturated carbocycles. The molecule has 2 aromatic rings. The summed E-state index contributed by atoms with van der Waals surface area (Å²) in [4.78, 5) is 4.71. The van der Waals surface area contributed by atoms with E-state index in [9.17, 15) is 0 Å². The molecular weight excluding hydrogens is 272 g/mol. The van der Waals surface area contributed by atoms with E-state index in [1.807, 2.05) is 4.68 Å². The van der Waals surface area contributed by atoms with Gasteiger partial charge >= 0.3 is 0 Å². The maximum atomic E-state index is 4.71. The van der Waals surface area contributed by atoms with Crippen LogP contribution in [0, 0.1) is 13.8 Å². The molecule has 2 aromatic heterocycles. The van der Waals surface area contributed by atoms with E-state index in [1.165, 1.54) is 31.4 Å². The summed E-state index contributed by atoms with van der Waals surface area (Å²) in [5.41, 5.74) is 2.44. The lowest BCUT2D eigenvalue weighted by Crippen LogP contribution is -2.03. The quantitative estimate of drug-likeness (QED) is 0.792. The molecule has 0 bridgehead atoms. The zero-order valence-corrected chi connectivity index (χ0v) is 12.6. The van der Waals surface area contributed by atoms with Crippen molar-refractivity contribution in [2.45, 2.75) is 62.5 Å². The third-order valence-corrected chi connectivity index (χ3v) is 5.00. The molecule has 4 rings (SSSR count). The Morgan fingerprint density at radius 3 is 2.60 bits per heavy atom. The van der Waals surface area contributed by atoms with Crippen LogP contribution in [0.1, 0.15) is 55.0 Å². The molecule has 0 N–H and O–H groups in total. The Kier molecular flexibility index (Phi) is 2.83. The second-order valence-electron chi connectivity index (χ2n) is 5.73. The van der Waals surface area contributed by atoms with Gasteiger partial charge in [0.05, 0.1) is 17.5 Å². The highest BCUT2D eigenvalue weighted by molar-refractivity contribution is 7.98. The van der Waals surface area contributed by atoms with E-state index in [0.29, 0.717) is 12.1 Å². The number of tetrazole rings is 1. The maximum Gasteiger partial charge on any atom is 0.169 e. The molecule has 106 valence electrons. The van der Waals surface area contributed by atoms with Crippen LogP contribution in [0.5, 0.6) is 0 Å². The van der Waals surface area contributed by atoms with Crippen LogP contribution >= 0.6 is 11.8 Å². The van der Waals surface area contributed by atoms with Gasteiger partial charge in [0.15, 0.2) is 11.0 Å². The summed E-state index contributed by atoms with van der Waals surface area (Å²) in [5, 5.41) is 13.2. The summed E-state index contributed by atoms with van der Waals surface area (Å²) in [6.07, 6.45) is 4.98. The van der Waals surface area contributed by atoms with E-state index in [1.54, 1.807) is 11.8 Å². The van der Waals surface area contributed by atoms with E-state index in [-0.39, 0.29) is 0 Å². The Labute approximate surface area is 122 Å². The molecule has 0 radical (unpaired) electrons. The minimum absolute atomic E-state index is 0.534. The molecular formula is C13H18N6S. The predicted molar refractivity (Wildman–Crippen MR) is 75.6 cm³/mol. The summed E-state index contributed by atoms with van der Waals surface area (Å²) >= 11 is 1.76. The molecule has 0 unspecified atom stereocenters. The first-order valence-corrected chi connectivity index (χ1v) is 8.17. The van der Waals surface area contributed by atoms with Gasteiger partial charge in [-0.25, -0.2) is 9.67 Å². The van der Waals surface area contributed by atoms with Crippen molar-refractivity contribution in [2.24, 2.45) is 0 Å². The first kappa shape index (κ1) is 12.4. The van der Waals surface area contributed by atoms with Gasteiger partial charge in [0.25, 0.3) is 0 Å². The molecule has 0 saturated heterocycles. The van der Waals surface area contributed by atoms with Crippen molar-refractivity contribution in [3.63, 3.8) is 0 Å². The van der Waals surface area contributed by atoms with Gasteiger partial charge in [-0.05, 0) is 50.0 Å². The van der Waals surface area contributed by atoms with Crippen molar-refractivity contribution in [3.05, 3.63) is 17.2 Å². The number of imidazole rings is 1. The number of aromatic nitrogens is 6. The fourth-order valence-electron chi connectivity index (χ4n) is 2.50. The Morgan fingerprint density at radius 2 is 1.90 bits per heavy atom. The van der Waals surface area contributed by atoms with Crippen molar-refractivity contribution in [3.8, 4) is 0 Å². The van der Waals surface area contributed by atoms with Crippen LogP contribution in [-0.4, -0.2) is 29.8 Å². The first-order valence-electron chi connectivity index (χ1n) is 7.19. The lowest BCUT2D eigenvalue weighted by molar-refractivity contribution is 0.592. The number of hydrogen-bond donors (Lipinski definition) is 0. The topological polar surface area (TPSA) is 61.4 Å². The first-order chi connectivity index (χ1) is 9.74. The van der Waals surface area contributed by atoms with Crippen molar-refractivity contribution < 1.29 is 0 Å². The van der Waals surface area contributed by atoms with Crippen molar-refractivity contribution in [1.29, 1.82) is 0 Å². The van der Waals surface area contributed by atoms with Crippen LogP contribution < -0.4 is 0 Å². The van der Waals surface area contributed by atoms with Crippen molar-refractivity contribution in [1.82, 2.24) is 29.8 Å². The monoisotopic (exact) mass is 290 g/mol. The zero-order valence-electron chi connectivity index (χ0n) is 11.8. The lowest BCUT2D eigenvalue weighted by atomic mass is 10.4.